The Labute approximate surface area is 116 Å². The van der Waals surface area contributed by atoms with Crippen LogP contribution in [0, 0.1) is 0 Å². The van der Waals surface area contributed by atoms with E-state index in [-0.39, 0.29) is 0 Å². The Hall–Kier alpha value is -1.28. The molecule has 0 aliphatic heterocycles. The number of halogens is 1. The molecule has 0 bridgehead atoms. The molecule has 0 aromatic heterocycles. The minimum atomic E-state index is 0.648. The van der Waals surface area contributed by atoms with Crippen molar-refractivity contribution in [3.8, 4) is 5.75 Å². The van der Waals surface area contributed by atoms with Gasteiger partial charge in [-0.05, 0) is 60.2 Å². The molecule has 0 atom stereocenters. The van der Waals surface area contributed by atoms with E-state index in [1.165, 1.54) is 36.0 Å². The van der Waals surface area contributed by atoms with E-state index >= 15 is 0 Å². The van der Waals surface area contributed by atoms with Crippen LogP contribution in [0.25, 0.3) is 0 Å². The Morgan fingerprint density at radius 3 is 2.56 bits per heavy atom. The predicted octanol–water partition coefficient (Wildman–Crippen LogP) is 4.52. The van der Waals surface area contributed by atoms with Gasteiger partial charge in [-0.1, -0.05) is 34.1 Å². The molecule has 2 aromatic rings. The van der Waals surface area contributed by atoms with Gasteiger partial charge in [0.25, 0.3) is 0 Å². The van der Waals surface area contributed by atoms with E-state index in [0.717, 1.165) is 10.2 Å². The van der Waals surface area contributed by atoms with Crippen LogP contribution in [0.5, 0.6) is 5.75 Å². The second-order valence-corrected chi connectivity index (χ2v) is 5.61. The second-order valence-electron chi connectivity index (χ2n) is 4.70. The molecule has 2 heteroatoms. The predicted molar refractivity (Wildman–Crippen MR) is 76.9 cm³/mol. The van der Waals surface area contributed by atoms with Crippen LogP contribution in [0.15, 0.2) is 46.9 Å². The van der Waals surface area contributed by atoms with Crippen molar-refractivity contribution < 1.29 is 4.74 Å². The average Bonchev–Trinajstić information content (AvgIpc) is 2.85. The van der Waals surface area contributed by atoms with Gasteiger partial charge in [0.05, 0.1) is 0 Å². The first-order valence-electron chi connectivity index (χ1n) is 6.30. The van der Waals surface area contributed by atoms with Crippen molar-refractivity contribution >= 4 is 15.9 Å². The Morgan fingerprint density at radius 2 is 1.72 bits per heavy atom. The fourth-order valence-corrected chi connectivity index (χ4v) is 2.68. The molecule has 0 amide bonds. The van der Waals surface area contributed by atoms with Gasteiger partial charge in [0.15, 0.2) is 0 Å². The minimum Gasteiger partial charge on any atom is -0.489 e. The molecule has 1 aliphatic rings. The van der Waals surface area contributed by atoms with E-state index < -0.39 is 0 Å². The van der Waals surface area contributed by atoms with Gasteiger partial charge in [-0.25, -0.2) is 0 Å². The molecule has 18 heavy (non-hydrogen) atoms. The zero-order valence-electron chi connectivity index (χ0n) is 10.2. The largest absolute Gasteiger partial charge is 0.489 e. The lowest BCUT2D eigenvalue weighted by atomic mass is 10.1. The van der Waals surface area contributed by atoms with Crippen LogP contribution < -0.4 is 4.74 Å². The first kappa shape index (κ1) is 11.8. The van der Waals surface area contributed by atoms with Crippen LogP contribution in [0.3, 0.4) is 0 Å². The summed E-state index contributed by atoms with van der Waals surface area (Å²) in [5.74, 6) is 0.915. The minimum absolute atomic E-state index is 0.648. The van der Waals surface area contributed by atoms with E-state index in [1.54, 1.807) is 0 Å². The number of hydrogen-bond acceptors (Lipinski definition) is 1. The number of benzene rings is 2. The average molecular weight is 303 g/mol. The maximum absolute atomic E-state index is 5.79. The number of aryl methyl sites for hydroxylation is 2. The number of rotatable bonds is 3. The summed E-state index contributed by atoms with van der Waals surface area (Å²) >= 11 is 3.42. The highest BCUT2D eigenvalue weighted by atomic mass is 79.9. The van der Waals surface area contributed by atoms with Gasteiger partial charge in [-0.2, -0.15) is 0 Å². The van der Waals surface area contributed by atoms with Gasteiger partial charge in [-0.15, -0.1) is 0 Å². The molecular weight excluding hydrogens is 288 g/mol. The lowest BCUT2D eigenvalue weighted by Gasteiger charge is -2.08. The molecule has 1 nitrogen and oxygen atoms in total. The molecule has 0 N–H and O–H groups in total. The lowest BCUT2D eigenvalue weighted by Crippen LogP contribution is -1.96. The van der Waals surface area contributed by atoms with E-state index in [9.17, 15) is 0 Å². The highest BCUT2D eigenvalue weighted by Crippen LogP contribution is 2.23. The van der Waals surface area contributed by atoms with Crippen LogP contribution in [-0.2, 0) is 19.4 Å². The first-order chi connectivity index (χ1) is 8.81. The number of fused-ring (bicyclic) bond motifs is 1. The normalized spacial score (nSPS) is 13.4. The van der Waals surface area contributed by atoms with Crippen molar-refractivity contribution in [3.05, 3.63) is 63.6 Å². The van der Waals surface area contributed by atoms with Crippen molar-refractivity contribution in [1.29, 1.82) is 0 Å². The molecule has 0 unspecified atom stereocenters. The van der Waals surface area contributed by atoms with E-state index in [2.05, 4.69) is 34.1 Å². The lowest BCUT2D eigenvalue weighted by molar-refractivity contribution is 0.306. The van der Waals surface area contributed by atoms with Gasteiger partial charge in [0.1, 0.15) is 12.4 Å². The van der Waals surface area contributed by atoms with Gasteiger partial charge in [-0.3, -0.25) is 0 Å². The van der Waals surface area contributed by atoms with Crippen molar-refractivity contribution in [3.63, 3.8) is 0 Å². The van der Waals surface area contributed by atoms with Crippen LogP contribution in [0.1, 0.15) is 23.1 Å². The maximum Gasteiger partial charge on any atom is 0.119 e. The summed E-state index contributed by atoms with van der Waals surface area (Å²) in [6.07, 6.45) is 3.76. The molecule has 0 saturated heterocycles. The van der Waals surface area contributed by atoms with E-state index in [0.29, 0.717) is 6.61 Å². The number of ether oxygens (including phenoxy) is 1. The van der Waals surface area contributed by atoms with Crippen LogP contribution in [0.2, 0.25) is 0 Å². The van der Waals surface area contributed by atoms with Crippen molar-refractivity contribution in [1.82, 2.24) is 0 Å². The van der Waals surface area contributed by atoms with Gasteiger partial charge >= 0.3 is 0 Å². The summed E-state index contributed by atoms with van der Waals surface area (Å²) in [4.78, 5) is 0. The monoisotopic (exact) mass is 302 g/mol. The summed E-state index contributed by atoms with van der Waals surface area (Å²) in [6.45, 7) is 0.648. The molecule has 1 aliphatic carbocycles. The summed E-state index contributed by atoms with van der Waals surface area (Å²) < 4.78 is 6.86. The molecule has 0 spiro atoms. The van der Waals surface area contributed by atoms with E-state index in [4.69, 9.17) is 4.74 Å². The SMILES string of the molecule is Brc1ccc(OCc2ccc3c(c2)CCC3)cc1. The fourth-order valence-electron chi connectivity index (χ4n) is 2.41. The zero-order chi connectivity index (χ0) is 12.4. The third-order valence-corrected chi connectivity index (χ3v) is 3.91. The topological polar surface area (TPSA) is 9.23 Å². The summed E-state index contributed by atoms with van der Waals surface area (Å²) in [5.41, 5.74) is 4.29. The maximum atomic E-state index is 5.79. The van der Waals surface area contributed by atoms with Crippen molar-refractivity contribution in [2.24, 2.45) is 0 Å². The van der Waals surface area contributed by atoms with Crippen LogP contribution in [-0.4, -0.2) is 0 Å². The molecule has 2 aromatic carbocycles. The van der Waals surface area contributed by atoms with Gasteiger partial charge in [0.2, 0.25) is 0 Å². The summed E-state index contributed by atoms with van der Waals surface area (Å²) in [6, 6.07) is 14.7. The number of hydrogen-bond donors (Lipinski definition) is 0. The Balaban J connectivity index is 1.68. The molecule has 0 radical (unpaired) electrons. The quantitative estimate of drug-likeness (QED) is 0.810. The highest BCUT2D eigenvalue weighted by molar-refractivity contribution is 9.10. The highest BCUT2D eigenvalue weighted by Gasteiger charge is 2.10. The van der Waals surface area contributed by atoms with Crippen molar-refractivity contribution in [2.45, 2.75) is 25.9 Å². The molecule has 0 saturated carbocycles. The Morgan fingerprint density at radius 1 is 0.944 bits per heavy atom. The summed E-state index contributed by atoms with van der Waals surface area (Å²) in [7, 11) is 0. The smallest absolute Gasteiger partial charge is 0.119 e. The molecular formula is C16H15BrO. The van der Waals surface area contributed by atoms with Crippen LogP contribution >= 0.6 is 15.9 Å². The molecule has 0 heterocycles. The van der Waals surface area contributed by atoms with Gasteiger partial charge < -0.3 is 4.74 Å². The standard InChI is InChI=1S/C16H15BrO/c17-15-6-8-16(9-7-15)18-11-12-4-5-13-2-1-3-14(13)10-12/h4-10H,1-3,11H2. The van der Waals surface area contributed by atoms with E-state index in [1.807, 2.05) is 24.3 Å². The second kappa shape index (κ2) is 5.15. The van der Waals surface area contributed by atoms with Crippen LogP contribution in [0.4, 0.5) is 0 Å². The van der Waals surface area contributed by atoms with Gasteiger partial charge in [0, 0.05) is 4.47 Å². The molecule has 3 rings (SSSR count). The summed E-state index contributed by atoms with van der Waals surface area (Å²) in [5, 5.41) is 0. The first-order valence-corrected chi connectivity index (χ1v) is 7.09. The Bertz CT molecular complexity index is 546. The third-order valence-electron chi connectivity index (χ3n) is 3.38. The molecule has 0 fully saturated rings. The zero-order valence-corrected chi connectivity index (χ0v) is 11.7. The van der Waals surface area contributed by atoms with Crippen molar-refractivity contribution in [2.75, 3.05) is 0 Å². The third kappa shape index (κ3) is 2.59. The Kier molecular flexibility index (Phi) is 3.37. The molecule has 92 valence electrons. The fraction of sp³-hybridized carbons (Fsp3) is 0.250.